The Hall–Kier alpha value is -3.87. The minimum atomic E-state index is -0.656. The lowest BCUT2D eigenvalue weighted by molar-refractivity contribution is -0.116. The van der Waals surface area contributed by atoms with E-state index in [-0.39, 0.29) is 5.91 Å². The molecule has 1 aliphatic rings. The van der Waals surface area contributed by atoms with Crippen LogP contribution < -0.4 is 16.6 Å². The Bertz CT molecular complexity index is 1460. The predicted octanol–water partition coefficient (Wildman–Crippen LogP) is 2.62. The number of aromatic amines is 1. The Morgan fingerprint density at radius 3 is 2.33 bits per heavy atom. The van der Waals surface area contributed by atoms with E-state index in [1.807, 2.05) is 55.5 Å². The van der Waals surface area contributed by atoms with Gasteiger partial charge in [-0.25, -0.2) is 4.79 Å². The van der Waals surface area contributed by atoms with E-state index < -0.39 is 17.2 Å². The summed E-state index contributed by atoms with van der Waals surface area (Å²) >= 11 is 0. The van der Waals surface area contributed by atoms with Crippen LogP contribution in [0.2, 0.25) is 0 Å². The summed E-state index contributed by atoms with van der Waals surface area (Å²) in [6.07, 6.45) is 0. The number of fused-ring (bicyclic) bond motifs is 2. The van der Waals surface area contributed by atoms with Gasteiger partial charge in [0.25, 0.3) is 5.56 Å². The number of H-pyrrole nitrogens is 1. The standard InChI is InChI=1S/C23H20N4O3/c1-12-8-10-13(11-9-12)19-17(16-14-6-4-5-7-15(14)24-21(16)28)18-20(25-19)26(2)23(30)27(3)22(18)29/h4-11,16,25H,1-3H3,(H,24,28)/t16-/m0/s1. The van der Waals surface area contributed by atoms with Crippen LogP contribution in [0.3, 0.4) is 0 Å². The van der Waals surface area contributed by atoms with Crippen molar-refractivity contribution in [2.75, 3.05) is 5.32 Å². The van der Waals surface area contributed by atoms with Gasteiger partial charge in [-0.2, -0.15) is 0 Å². The second-order valence-corrected chi connectivity index (χ2v) is 7.72. The molecule has 7 nitrogen and oxygen atoms in total. The molecular formula is C23H20N4O3. The van der Waals surface area contributed by atoms with E-state index in [0.717, 1.165) is 26.9 Å². The number of amides is 1. The van der Waals surface area contributed by atoms with Crippen molar-refractivity contribution < 1.29 is 4.79 Å². The smallest absolute Gasteiger partial charge is 0.332 e. The van der Waals surface area contributed by atoms with Gasteiger partial charge in [0.15, 0.2) is 0 Å². The quantitative estimate of drug-likeness (QED) is 0.542. The van der Waals surface area contributed by atoms with E-state index in [9.17, 15) is 14.4 Å². The number of anilines is 1. The second-order valence-electron chi connectivity index (χ2n) is 7.72. The van der Waals surface area contributed by atoms with E-state index in [1.165, 1.54) is 11.6 Å². The third-order valence-electron chi connectivity index (χ3n) is 5.87. The summed E-state index contributed by atoms with van der Waals surface area (Å²) in [6, 6.07) is 15.3. The number of hydrogen-bond acceptors (Lipinski definition) is 3. The van der Waals surface area contributed by atoms with Gasteiger partial charge in [-0.15, -0.1) is 0 Å². The summed E-state index contributed by atoms with van der Waals surface area (Å²) < 4.78 is 2.49. The van der Waals surface area contributed by atoms with Gasteiger partial charge in [-0.1, -0.05) is 48.0 Å². The predicted molar refractivity (Wildman–Crippen MR) is 116 cm³/mol. The number of hydrogen-bond donors (Lipinski definition) is 2. The van der Waals surface area contributed by atoms with Gasteiger partial charge < -0.3 is 10.3 Å². The van der Waals surface area contributed by atoms with E-state index >= 15 is 0 Å². The molecular weight excluding hydrogens is 380 g/mol. The largest absolute Gasteiger partial charge is 0.340 e. The maximum Gasteiger partial charge on any atom is 0.332 e. The first-order valence-corrected chi connectivity index (χ1v) is 9.67. The van der Waals surface area contributed by atoms with Crippen LogP contribution in [0, 0.1) is 6.92 Å². The molecule has 0 unspecified atom stereocenters. The molecule has 4 aromatic rings. The second kappa shape index (κ2) is 6.32. The minimum Gasteiger partial charge on any atom is -0.340 e. The van der Waals surface area contributed by atoms with Gasteiger partial charge in [0, 0.05) is 25.3 Å². The van der Waals surface area contributed by atoms with Gasteiger partial charge in [0.2, 0.25) is 5.91 Å². The first kappa shape index (κ1) is 18.2. The van der Waals surface area contributed by atoms with Crippen molar-refractivity contribution >= 4 is 22.6 Å². The molecule has 0 spiro atoms. The van der Waals surface area contributed by atoms with Crippen LogP contribution in [0.1, 0.15) is 22.6 Å². The van der Waals surface area contributed by atoms with Crippen molar-refractivity contribution in [3.05, 3.63) is 86.1 Å². The number of benzene rings is 2. The number of rotatable bonds is 2. The van der Waals surface area contributed by atoms with Gasteiger partial charge in [-0.3, -0.25) is 18.7 Å². The molecule has 0 bridgehead atoms. The van der Waals surface area contributed by atoms with Crippen LogP contribution in [0.5, 0.6) is 0 Å². The number of carbonyl (C=O) groups is 1. The molecule has 2 N–H and O–H groups in total. The topological polar surface area (TPSA) is 88.9 Å². The Balaban J connectivity index is 1.94. The molecule has 0 aliphatic carbocycles. The Morgan fingerprint density at radius 2 is 1.60 bits per heavy atom. The number of nitrogens with one attached hydrogen (secondary N) is 2. The SMILES string of the molecule is Cc1ccc(-c2[nH]c3c(c2[C@H]2C(=O)Nc4ccccc42)c(=O)n(C)c(=O)n3C)cc1. The molecule has 5 rings (SSSR count). The number of carbonyl (C=O) groups excluding carboxylic acids is 1. The fourth-order valence-electron chi connectivity index (χ4n) is 4.28. The van der Waals surface area contributed by atoms with Gasteiger partial charge in [-0.05, 0) is 24.1 Å². The molecule has 0 radical (unpaired) electrons. The van der Waals surface area contributed by atoms with Crippen molar-refractivity contribution in [1.82, 2.24) is 14.1 Å². The summed E-state index contributed by atoms with van der Waals surface area (Å²) in [4.78, 5) is 42.0. The van der Waals surface area contributed by atoms with Crippen LogP contribution in [0.15, 0.2) is 58.1 Å². The minimum absolute atomic E-state index is 0.193. The molecule has 1 atom stereocenters. The normalized spacial score (nSPS) is 15.4. The molecule has 30 heavy (non-hydrogen) atoms. The highest BCUT2D eigenvalue weighted by Gasteiger charge is 2.37. The van der Waals surface area contributed by atoms with Crippen LogP contribution in [0.4, 0.5) is 5.69 Å². The molecule has 3 heterocycles. The van der Waals surface area contributed by atoms with Crippen LogP contribution in [0.25, 0.3) is 22.3 Å². The Labute approximate surface area is 171 Å². The third-order valence-corrected chi connectivity index (χ3v) is 5.87. The zero-order valence-electron chi connectivity index (χ0n) is 16.8. The summed E-state index contributed by atoms with van der Waals surface area (Å²) in [5, 5.41) is 3.27. The van der Waals surface area contributed by atoms with Crippen molar-refractivity contribution in [2.24, 2.45) is 14.1 Å². The zero-order valence-corrected chi connectivity index (χ0v) is 16.8. The number of para-hydroxylation sites is 1. The van der Waals surface area contributed by atoms with E-state index in [4.69, 9.17) is 0 Å². The molecule has 7 heteroatoms. The molecule has 2 aromatic carbocycles. The van der Waals surface area contributed by atoms with Crippen LogP contribution >= 0.6 is 0 Å². The molecule has 1 aliphatic heterocycles. The highest BCUT2D eigenvalue weighted by Crippen LogP contribution is 2.43. The molecule has 2 aromatic heterocycles. The summed E-state index contributed by atoms with van der Waals surface area (Å²) in [7, 11) is 3.07. The highest BCUT2D eigenvalue weighted by atomic mass is 16.2. The number of aromatic nitrogens is 3. The van der Waals surface area contributed by atoms with Crippen molar-refractivity contribution in [3.8, 4) is 11.3 Å². The number of nitrogens with zero attached hydrogens (tertiary/aromatic N) is 2. The maximum atomic E-state index is 13.2. The van der Waals surface area contributed by atoms with Gasteiger partial charge in [0.1, 0.15) is 5.65 Å². The highest BCUT2D eigenvalue weighted by molar-refractivity contribution is 6.08. The number of aryl methyl sites for hydroxylation is 2. The van der Waals surface area contributed by atoms with Crippen molar-refractivity contribution in [3.63, 3.8) is 0 Å². The van der Waals surface area contributed by atoms with Crippen molar-refractivity contribution in [1.29, 1.82) is 0 Å². The fourth-order valence-corrected chi connectivity index (χ4v) is 4.28. The van der Waals surface area contributed by atoms with Crippen molar-refractivity contribution in [2.45, 2.75) is 12.8 Å². The lowest BCUT2D eigenvalue weighted by atomic mass is 9.89. The lowest BCUT2D eigenvalue weighted by Gasteiger charge is -2.12. The first-order chi connectivity index (χ1) is 14.4. The van der Waals surface area contributed by atoms with E-state index in [0.29, 0.717) is 22.3 Å². The lowest BCUT2D eigenvalue weighted by Crippen LogP contribution is -2.37. The summed E-state index contributed by atoms with van der Waals surface area (Å²) in [6.45, 7) is 2.00. The zero-order chi connectivity index (χ0) is 21.2. The monoisotopic (exact) mass is 400 g/mol. The van der Waals surface area contributed by atoms with E-state index in [1.54, 1.807) is 7.05 Å². The molecule has 0 saturated carbocycles. The first-order valence-electron chi connectivity index (χ1n) is 9.67. The molecule has 1 amide bonds. The Kier molecular flexibility index (Phi) is 3.83. The molecule has 0 saturated heterocycles. The van der Waals surface area contributed by atoms with Crippen LogP contribution in [-0.4, -0.2) is 20.0 Å². The molecule has 150 valence electrons. The van der Waals surface area contributed by atoms with E-state index in [2.05, 4.69) is 10.3 Å². The molecule has 0 fully saturated rings. The fraction of sp³-hybridized carbons (Fsp3) is 0.174. The Morgan fingerprint density at radius 1 is 0.900 bits per heavy atom. The van der Waals surface area contributed by atoms with Crippen LogP contribution in [-0.2, 0) is 18.9 Å². The third kappa shape index (κ3) is 2.41. The van der Waals surface area contributed by atoms with Gasteiger partial charge in [0.05, 0.1) is 17.0 Å². The maximum absolute atomic E-state index is 13.2. The average molecular weight is 400 g/mol. The average Bonchev–Trinajstić information content (AvgIpc) is 3.28. The summed E-state index contributed by atoms with van der Waals surface area (Å²) in [5.41, 5.74) is 4.31. The van der Waals surface area contributed by atoms with Gasteiger partial charge >= 0.3 is 5.69 Å². The summed E-state index contributed by atoms with van der Waals surface area (Å²) in [5.74, 6) is -0.849.